The molecule has 0 aliphatic rings. The summed E-state index contributed by atoms with van der Waals surface area (Å²) in [4.78, 5) is 1.59. The average Bonchev–Trinajstić information content (AvgIpc) is 2.68. The summed E-state index contributed by atoms with van der Waals surface area (Å²) < 4.78 is 0. The van der Waals surface area contributed by atoms with Crippen LogP contribution in [0.15, 0.2) is 36.4 Å². The fraction of sp³-hybridized carbons (Fsp3) is 0.333. The first-order valence-electron chi connectivity index (χ1n) is 8.56. The normalized spacial score (nSPS) is 15.6. The molecule has 0 aliphatic carbocycles. The molecule has 0 amide bonds. The lowest BCUT2D eigenvalue weighted by Gasteiger charge is -2.32. The lowest BCUT2D eigenvalue weighted by molar-refractivity contribution is -0.112. The van der Waals surface area contributed by atoms with Gasteiger partial charge in [-0.1, -0.05) is 0 Å². The van der Waals surface area contributed by atoms with E-state index in [-0.39, 0.29) is 6.54 Å². The van der Waals surface area contributed by atoms with E-state index in [0.29, 0.717) is 34.1 Å². The maximum atomic E-state index is 10.4. The van der Waals surface area contributed by atoms with E-state index in [0.717, 1.165) is 0 Å². The van der Waals surface area contributed by atoms with Gasteiger partial charge in [-0.2, -0.15) is 0 Å². The first-order valence-corrected chi connectivity index (χ1v) is 8.56. The van der Waals surface area contributed by atoms with Crippen LogP contribution in [0.1, 0.15) is 0 Å². The largest absolute Gasteiger partial charge is 0.397 e. The number of hydrogen-bond donors (Lipinski definition) is 9. The molecule has 0 bridgehead atoms. The Labute approximate surface area is 162 Å². The number of nitrogens with zero attached hydrogens (tertiary/aromatic N) is 1. The molecular formula is C18H27N5O5. The summed E-state index contributed by atoms with van der Waals surface area (Å²) in [7, 11) is 0. The minimum atomic E-state index is -1.74. The highest BCUT2D eigenvalue weighted by atomic mass is 16.4. The van der Waals surface area contributed by atoms with Gasteiger partial charge in [-0.15, -0.1) is 0 Å². The fourth-order valence-corrected chi connectivity index (χ4v) is 2.68. The zero-order valence-corrected chi connectivity index (χ0v) is 15.2. The van der Waals surface area contributed by atoms with Crippen molar-refractivity contribution in [1.82, 2.24) is 0 Å². The molecule has 0 fully saturated rings. The molecule has 0 radical (unpaired) electrons. The average molecular weight is 393 g/mol. The Morgan fingerprint density at radius 1 is 0.679 bits per heavy atom. The molecule has 0 saturated carbocycles. The van der Waals surface area contributed by atoms with E-state index in [1.54, 1.807) is 41.3 Å². The minimum Gasteiger partial charge on any atom is -0.397 e. The van der Waals surface area contributed by atoms with Crippen LogP contribution >= 0.6 is 0 Å². The standard InChI is InChI=1S/C18H27N5O5/c19-11-3-1-9(5-13(11)21)23(10-2-4-12(20)14(22)6-10)7-15(25)17(27)18(28)16(26)8-24/h1-6,15-18,24-28H,7-8,19-22H2. The van der Waals surface area contributed by atoms with E-state index in [4.69, 9.17) is 28.0 Å². The Morgan fingerprint density at radius 3 is 1.50 bits per heavy atom. The molecular weight excluding hydrogens is 366 g/mol. The van der Waals surface area contributed by atoms with Crippen LogP contribution in [0, 0.1) is 0 Å². The molecule has 2 aromatic rings. The predicted molar refractivity (Wildman–Crippen MR) is 109 cm³/mol. The van der Waals surface area contributed by atoms with Gasteiger partial charge < -0.3 is 53.4 Å². The van der Waals surface area contributed by atoms with Crippen LogP contribution in [0.4, 0.5) is 34.1 Å². The van der Waals surface area contributed by atoms with E-state index in [2.05, 4.69) is 0 Å². The van der Waals surface area contributed by atoms with Crippen LogP contribution in [0.2, 0.25) is 0 Å². The topological polar surface area (TPSA) is 208 Å². The van der Waals surface area contributed by atoms with Gasteiger partial charge >= 0.3 is 0 Å². The number of nitrogen functional groups attached to an aromatic ring is 4. The smallest absolute Gasteiger partial charge is 0.111 e. The van der Waals surface area contributed by atoms with E-state index in [1.165, 1.54) is 0 Å². The molecule has 154 valence electrons. The van der Waals surface area contributed by atoms with Gasteiger partial charge in [0.15, 0.2) is 0 Å². The highest BCUT2D eigenvalue weighted by Gasteiger charge is 2.31. The Morgan fingerprint density at radius 2 is 1.11 bits per heavy atom. The van der Waals surface area contributed by atoms with Crippen molar-refractivity contribution in [1.29, 1.82) is 0 Å². The number of benzene rings is 2. The van der Waals surface area contributed by atoms with Crippen LogP contribution in [0.3, 0.4) is 0 Å². The first kappa shape index (κ1) is 21.5. The van der Waals surface area contributed by atoms with Gasteiger partial charge in [-0.25, -0.2) is 0 Å². The zero-order chi connectivity index (χ0) is 21.0. The molecule has 0 aliphatic heterocycles. The molecule has 0 aromatic heterocycles. The third kappa shape index (κ3) is 4.74. The van der Waals surface area contributed by atoms with Crippen LogP contribution in [-0.2, 0) is 0 Å². The van der Waals surface area contributed by atoms with Crippen molar-refractivity contribution in [2.45, 2.75) is 24.4 Å². The van der Waals surface area contributed by atoms with Gasteiger partial charge in [0.2, 0.25) is 0 Å². The summed E-state index contributed by atoms with van der Waals surface area (Å²) in [6, 6.07) is 9.67. The molecule has 0 spiro atoms. The summed E-state index contributed by atoms with van der Waals surface area (Å²) in [5.74, 6) is 0. The number of hydrogen-bond acceptors (Lipinski definition) is 10. The highest BCUT2D eigenvalue weighted by Crippen LogP contribution is 2.32. The van der Waals surface area contributed by atoms with Crippen LogP contribution < -0.4 is 27.8 Å². The number of nitrogens with two attached hydrogens (primary N) is 4. The zero-order valence-electron chi connectivity index (χ0n) is 15.2. The Kier molecular flexibility index (Phi) is 6.89. The molecule has 10 heteroatoms. The van der Waals surface area contributed by atoms with Crippen molar-refractivity contribution in [3.63, 3.8) is 0 Å². The molecule has 13 N–H and O–H groups in total. The molecule has 2 aromatic carbocycles. The molecule has 4 unspecified atom stereocenters. The molecule has 28 heavy (non-hydrogen) atoms. The number of aliphatic hydroxyl groups excluding tert-OH is 5. The maximum Gasteiger partial charge on any atom is 0.111 e. The summed E-state index contributed by atoms with van der Waals surface area (Å²) in [5, 5.41) is 48.8. The van der Waals surface area contributed by atoms with Gasteiger partial charge in [0, 0.05) is 11.4 Å². The van der Waals surface area contributed by atoms with Crippen molar-refractivity contribution in [3.05, 3.63) is 36.4 Å². The molecule has 10 nitrogen and oxygen atoms in total. The monoisotopic (exact) mass is 393 g/mol. The van der Waals surface area contributed by atoms with Crippen LogP contribution in [0.5, 0.6) is 0 Å². The summed E-state index contributed by atoms with van der Waals surface area (Å²) in [6.07, 6.45) is -6.55. The van der Waals surface area contributed by atoms with Gasteiger partial charge in [0.1, 0.15) is 24.4 Å². The van der Waals surface area contributed by atoms with E-state index < -0.39 is 31.0 Å². The summed E-state index contributed by atoms with van der Waals surface area (Å²) in [5.41, 5.74) is 25.7. The fourth-order valence-electron chi connectivity index (χ4n) is 2.68. The molecule has 2 rings (SSSR count). The first-order chi connectivity index (χ1) is 13.1. The summed E-state index contributed by atoms with van der Waals surface area (Å²) in [6.45, 7) is -0.958. The van der Waals surface area contributed by atoms with Crippen molar-refractivity contribution in [3.8, 4) is 0 Å². The van der Waals surface area contributed by atoms with Gasteiger partial charge in [0.25, 0.3) is 0 Å². The second kappa shape index (κ2) is 8.95. The van der Waals surface area contributed by atoms with Crippen molar-refractivity contribution >= 4 is 34.1 Å². The lowest BCUT2D eigenvalue weighted by Crippen LogP contribution is -2.49. The SMILES string of the molecule is Nc1ccc(N(CC(O)C(O)C(O)C(O)CO)c2ccc(N)c(N)c2)cc1N. The Balaban J connectivity index is 2.37. The summed E-state index contributed by atoms with van der Waals surface area (Å²) >= 11 is 0. The Hall–Kier alpha value is -2.76. The van der Waals surface area contributed by atoms with E-state index >= 15 is 0 Å². The Bertz CT molecular complexity index is 754. The number of aliphatic hydroxyl groups is 5. The van der Waals surface area contributed by atoms with Gasteiger partial charge in [-0.3, -0.25) is 0 Å². The third-order valence-corrected chi connectivity index (χ3v) is 4.46. The van der Waals surface area contributed by atoms with Crippen molar-refractivity contribution < 1.29 is 25.5 Å². The molecule has 0 saturated heterocycles. The van der Waals surface area contributed by atoms with Crippen molar-refractivity contribution in [2.75, 3.05) is 41.0 Å². The maximum absolute atomic E-state index is 10.4. The quantitative estimate of drug-likeness (QED) is 0.239. The predicted octanol–water partition coefficient (Wildman–Crippen LogP) is -1.41. The van der Waals surface area contributed by atoms with Crippen LogP contribution in [-0.4, -0.2) is 63.1 Å². The second-order valence-electron chi connectivity index (χ2n) is 6.54. The lowest BCUT2D eigenvalue weighted by atomic mass is 10.0. The molecule has 4 atom stereocenters. The third-order valence-electron chi connectivity index (χ3n) is 4.46. The second-order valence-corrected chi connectivity index (χ2v) is 6.54. The van der Waals surface area contributed by atoms with Gasteiger partial charge in [-0.05, 0) is 36.4 Å². The van der Waals surface area contributed by atoms with Gasteiger partial charge in [0.05, 0.1) is 35.9 Å². The number of rotatable bonds is 8. The van der Waals surface area contributed by atoms with E-state index in [9.17, 15) is 20.4 Å². The number of anilines is 6. The van der Waals surface area contributed by atoms with Crippen LogP contribution in [0.25, 0.3) is 0 Å². The van der Waals surface area contributed by atoms with Crippen molar-refractivity contribution in [2.24, 2.45) is 0 Å². The van der Waals surface area contributed by atoms with E-state index in [1.807, 2.05) is 0 Å². The highest BCUT2D eigenvalue weighted by molar-refractivity contribution is 5.77. The minimum absolute atomic E-state index is 0.191. The molecule has 0 heterocycles.